The van der Waals surface area contributed by atoms with E-state index in [1.54, 1.807) is 42.7 Å². The molecule has 4 rings (SSSR count). The molecule has 6 N–H and O–H groups in total. The number of hydrogen-bond acceptors (Lipinski definition) is 8. The summed E-state index contributed by atoms with van der Waals surface area (Å²) in [5.74, 6) is 0.479. The van der Waals surface area contributed by atoms with Gasteiger partial charge in [-0.05, 0) is 42.3 Å². The zero-order chi connectivity index (χ0) is 25.7. The molecule has 0 bridgehead atoms. The minimum Gasteiger partial charge on any atom is -0.394 e. The van der Waals surface area contributed by atoms with Gasteiger partial charge in [-0.15, -0.1) is 0 Å². The van der Waals surface area contributed by atoms with Crippen molar-refractivity contribution in [3.8, 4) is 17.1 Å². The third-order valence-corrected chi connectivity index (χ3v) is 6.15. The molecule has 11 nitrogen and oxygen atoms in total. The fourth-order valence-electron chi connectivity index (χ4n) is 3.41. The van der Waals surface area contributed by atoms with Gasteiger partial charge in [0.15, 0.2) is 0 Å². The highest BCUT2D eigenvalue weighted by Gasteiger charge is 2.17. The molecule has 0 fully saturated rings. The number of nitrogens with one attached hydrogen (secondary N) is 3. The van der Waals surface area contributed by atoms with Gasteiger partial charge in [-0.1, -0.05) is 30.3 Å². The van der Waals surface area contributed by atoms with Crippen molar-refractivity contribution in [1.82, 2.24) is 20.3 Å². The summed E-state index contributed by atoms with van der Waals surface area (Å²) in [7, 11) is -3.79. The number of amides is 1. The molecule has 0 saturated heterocycles. The van der Waals surface area contributed by atoms with E-state index < -0.39 is 22.2 Å². The van der Waals surface area contributed by atoms with Crippen LogP contribution >= 0.6 is 0 Å². The first-order valence-electron chi connectivity index (χ1n) is 10.8. The number of primary sulfonamides is 1. The summed E-state index contributed by atoms with van der Waals surface area (Å²) in [5, 5.41) is 20.4. The number of aromatic nitrogens is 3. The van der Waals surface area contributed by atoms with Gasteiger partial charge in [-0.2, -0.15) is 0 Å². The summed E-state index contributed by atoms with van der Waals surface area (Å²) < 4.78 is 28.2. The zero-order valence-corrected chi connectivity index (χ0v) is 20.0. The monoisotopic (exact) mass is 508 g/mol. The Labute approximate surface area is 207 Å². The standard InChI is InChI=1S/C24H24N6O5S/c1-15-12-27-23(28-18-7-9-19(10-8-18)36(25,33)34)30-22(15)17-11-21(26-13-17)35-24(32)29-20(14-31)16-5-3-2-4-6-16/h2-13,20,26,31H,14H2,1H3,(H,29,32)(H2,25,33,34)(H,27,28,30). The fraction of sp³-hybridized carbons (Fsp3) is 0.125. The Morgan fingerprint density at radius 1 is 1.17 bits per heavy atom. The van der Waals surface area contributed by atoms with Crippen LogP contribution in [0.4, 0.5) is 16.4 Å². The Hall–Kier alpha value is -4.26. The SMILES string of the molecule is Cc1cnc(Nc2ccc(S(N)(=O)=O)cc2)nc1-c1c[nH]c(OC(=O)NC(CO)c2ccccc2)c1. The molecule has 2 aromatic heterocycles. The van der Waals surface area contributed by atoms with Crippen molar-refractivity contribution in [2.24, 2.45) is 5.14 Å². The van der Waals surface area contributed by atoms with Gasteiger partial charge in [0, 0.05) is 29.7 Å². The second-order valence-corrected chi connectivity index (χ2v) is 9.41. The van der Waals surface area contributed by atoms with Crippen molar-refractivity contribution in [3.63, 3.8) is 0 Å². The van der Waals surface area contributed by atoms with Crippen LogP contribution in [0.15, 0.2) is 78.0 Å². The van der Waals surface area contributed by atoms with Gasteiger partial charge in [0.2, 0.25) is 21.9 Å². The van der Waals surface area contributed by atoms with Crippen molar-refractivity contribution < 1.29 is 23.1 Å². The quantitative estimate of drug-likeness (QED) is 0.242. The highest BCUT2D eigenvalue weighted by atomic mass is 32.2. The van der Waals surface area contributed by atoms with Gasteiger partial charge in [0.05, 0.1) is 23.2 Å². The summed E-state index contributed by atoms with van der Waals surface area (Å²) in [6.07, 6.45) is 2.55. The van der Waals surface area contributed by atoms with Gasteiger partial charge in [-0.25, -0.2) is 28.3 Å². The van der Waals surface area contributed by atoms with Crippen LogP contribution in [0.5, 0.6) is 5.88 Å². The van der Waals surface area contributed by atoms with E-state index in [-0.39, 0.29) is 23.3 Å². The number of aryl methyl sites for hydroxylation is 1. The molecule has 2 aromatic carbocycles. The summed E-state index contributed by atoms with van der Waals surface area (Å²) in [6.45, 7) is 1.56. The summed E-state index contributed by atoms with van der Waals surface area (Å²) in [6, 6.07) is 16.0. The van der Waals surface area contributed by atoms with E-state index in [1.807, 2.05) is 25.1 Å². The highest BCUT2D eigenvalue weighted by Crippen LogP contribution is 2.26. The zero-order valence-electron chi connectivity index (χ0n) is 19.2. The van der Waals surface area contributed by atoms with E-state index >= 15 is 0 Å². The molecule has 1 atom stereocenters. The van der Waals surface area contributed by atoms with Crippen LogP contribution < -0.4 is 20.5 Å². The molecule has 0 saturated carbocycles. The van der Waals surface area contributed by atoms with E-state index in [0.717, 1.165) is 11.1 Å². The van der Waals surface area contributed by atoms with Gasteiger partial charge >= 0.3 is 6.09 Å². The molecule has 0 aliphatic carbocycles. The third kappa shape index (κ3) is 6.05. The number of rotatable bonds is 8. The molecule has 186 valence electrons. The molecule has 0 aliphatic rings. The van der Waals surface area contributed by atoms with Crippen LogP contribution in [-0.4, -0.2) is 41.2 Å². The van der Waals surface area contributed by atoms with E-state index in [4.69, 9.17) is 9.88 Å². The van der Waals surface area contributed by atoms with E-state index in [1.165, 1.54) is 12.1 Å². The minimum atomic E-state index is -3.79. The van der Waals surface area contributed by atoms with Crippen molar-refractivity contribution in [3.05, 3.63) is 84.2 Å². The molecule has 2 heterocycles. The predicted molar refractivity (Wildman–Crippen MR) is 133 cm³/mol. The number of aliphatic hydroxyl groups excluding tert-OH is 1. The van der Waals surface area contributed by atoms with E-state index in [9.17, 15) is 18.3 Å². The number of anilines is 2. The number of nitrogens with zero attached hydrogens (tertiary/aromatic N) is 2. The Balaban J connectivity index is 1.45. The van der Waals surface area contributed by atoms with E-state index in [2.05, 4.69) is 25.6 Å². The maximum atomic E-state index is 12.4. The number of nitrogens with two attached hydrogens (primary N) is 1. The average Bonchev–Trinajstić information content (AvgIpc) is 3.32. The van der Waals surface area contributed by atoms with Gasteiger partial charge < -0.3 is 25.5 Å². The number of hydrogen-bond donors (Lipinski definition) is 5. The number of carbonyl (C=O) groups is 1. The molecule has 1 amide bonds. The molecule has 36 heavy (non-hydrogen) atoms. The lowest BCUT2D eigenvalue weighted by Gasteiger charge is -2.15. The Bertz CT molecular complexity index is 1460. The number of aromatic amines is 1. The minimum absolute atomic E-state index is 0.00321. The molecular formula is C24H24N6O5S. The molecule has 12 heteroatoms. The van der Waals surface area contributed by atoms with Gasteiger partial charge in [0.25, 0.3) is 0 Å². The largest absolute Gasteiger partial charge is 0.414 e. The molecule has 0 radical (unpaired) electrons. The molecule has 4 aromatic rings. The second-order valence-electron chi connectivity index (χ2n) is 7.85. The smallest absolute Gasteiger partial charge is 0.394 e. The third-order valence-electron chi connectivity index (χ3n) is 5.22. The maximum Gasteiger partial charge on any atom is 0.414 e. The second kappa shape index (κ2) is 10.6. The number of benzene rings is 2. The number of sulfonamides is 1. The lowest BCUT2D eigenvalue weighted by Crippen LogP contribution is -2.33. The lowest BCUT2D eigenvalue weighted by molar-refractivity contribution is 0.182. The van der Waals surface area contributed by atoms with Crippen LogP contribution in [0, 0.1) is 6.92 Å². The Morgan fingerprint density at radius 2 is 1.89 bits per heavy atom. The summed E-state index contributed by atoms with van der Waals surface area (Å²) in [5.41, 5.74) is 3.36. The molecule has 0 spiro atoms. The molecule has 0 aliphatic heterocycles. The number of carbonyl (C=O) groups excluding carboxylic acids is 1. The van der Waals surface area contributed by atoms with Crippen molar-refractivity contribution in [2.45, 2.75) is 17.9 Å². The fourth-order valence-corrected chi connectivity index (χ4v) is 3.93. The van der Waals surface area contributed by atoms with Gasteiger partial charge in [-0.3, -0.25) is 0 Å². The Morgan fingerprint density at radius 3 is 2.56 bits per heavy atom. The number of ether oxygens (including phenoxy) is 1. The first-order chi connectivity index (χ1) is 17.2. The Kier molecular flexibility index (Phi) is 7.29. The molecular weight excluding hydrogens is 484 g/mol. The first-order valence-corrected chi connectivity index (χ1v) is 12.3. The maximum absolute atomic E-state index is 12.4. The van der Waals surface area contributed by atoms with Crippen molar-refractivity contribution in [2.75, 3.05) is 11.9 Å². The number of H-pyrrole nitrogens is 1. The van der Waals surface area contributed by atoms with Crippen molar-refractivity contribution >= 4 is 27.8 Å². The van der Waals surface area contributed by atoms with Gasteiger partial charge in [0.1, 0.15) is 0 Å². The summed E-state index contributed by atoms with van der Waals surface area (Å²) >= 11 is 0. The predicted octanol–water partition coefficient (Wildman–Crippen LogP) is 2.99. The molecule has 1 unspecified atom stereocenters. The van der Waals surface area contributed by atoms with Crippen molar-refractivity contribution in [1.29, 1.82) is 0 Å². The number of aliphatic hydroxyl groups is 1. The van der Waals surface area contributed by atoms with Crippen LogP contribution in [-0.2, 0) is 10.0 Å². The summed E-state index contributed by atoms with van der Waals surface area (Å²) in [4.78, 5) is 24.0. The van der Waals surface area contributed by atoms with Crippen LogP contribution in [0.1, 0.15) is 17.2 Å². The first kappa shape index (κ1) is 24.9. The lowest BCUT2D eigenvalue weighted by atomic mass is 10.1. The normalized spacial score (nSPS) is 12.1. The van der Waals surface area contributed by atoms with Crippen LogP contribution in [0.25, 0.3) is 11.3 Å². The van der Waals surface area contributed by atoms with Crippen LogP contribution in [0.3, 0.4) is 0 Å². The highest BCUT2D eigenvalue weighted by molar-refractivity contribution is 7.89. The topological polar surface area (TPSA) is 172 Å². The van der Waals surface area contributed by atoms with Crippen LogP contribution in [0.2, 0.25) is 0 Å². The van der Waals surface area contributed by atoms with E-state index in [0.29, 0.717) is 16.9 Å². The average molecular weight is 509 g/mol.